The van der Waals surface area contributed by atoms with Crippen LogP contribution in [0.2, 0.25) is 0 Å². The van der Waals surface area contributed by atoms with Gasteiger partial charge in [-0.05, 0) is 20.5 Å². The van der Waals surface area contributed by atoms with Crippen LogP contribution in [0.5, 0.6) is 0 Å². The molecule has 0 saturated heterocycles. The van der Waals surface area contributed by atoms with E-state index in [0.717, 1.165) is 25.8 Å². The summed E-state index contributed by atoms with van der Waals surface area (Å²) in [6.45, 7) is 0.843. The largest absolute Gasteiger partial charge is 0.299 e. The van der Waals surface area contributed by atoms with E-state index in [9.17, 15) is 0 Å². The Morgan fingerprint density at radius 1 is 1.18 bits per heavy atom. The molecule has 0 saturated carbocycles. The van der Waals surface area contributed by atoms with Gasteiger partial charge in [0.05, 0.1) is 6.54 Å². The second kappa shape index (κ2) is 7.19. The van der Waals surface area contributed by atoms with Crippen molar-refractivity contribution in [2.24, 2.45) is 0 Å². The van der Waals surface area contributed by atoms with Crippen LogP contribution in [0.25, 0.3) is 0 Å². The van der Waals surface area contributed by atoms with Crippen molar-refractivity contribution in [2.45, 2.75) is 19.3 Å². The summed E-state index contributed by atoms with van der Waals surface area (Å²) in [5.41, 5.74) is 0. The second-order valence-corrected chi connectivity index (χ2v) is 2.65. The van der Waals surface area contributed by atoms with Crippen LogP contribution in [-0.2, 0) is 0 Å². The minimum absolute atomic E-state index is 0.843. The number of unbranched alkanes of at least 4 members (excludes halogenated alkanes) is 2. The molecule has 0 aliphatic heterocycles. The molecule has 0 N–H and O–H groups in total. The third kappa shape index (κ3) is 9.08. The molecule has 60 valence electrons. The Hall–Kier alpha value is -0.920. The normalized spacial score (nSPS) is 8.55. The molecule has 11 heavy (non-hydrogen) atoms. The van der Waals surface area contributed by atoms with Gasteiger partial charge in [0, 0.05) is 12.8 Å². The first-order valence-electron chi connectivity index (χ1n) is 3.81. The Morgan fingerprint density at radius 2 is 1.91 bits per heavy atom. The highest BCUT2D eigenvalue weighted by Gasteiger charge is 1.81. The Bertz CT molecular complexity index is 175. The molecule has 0 aromatic rings. The van der Waals surface area contributed by atoms with Crippen molar-refractivity contribution in [3.8, 4) is 24.2 Å². The zero-order valence-electron chi connectivity index (χ0n) is 7.35. The lowest BCUT2D eigenvalue weighted by molar-refractivity contribution is 0.463. The van der Waals surface area contributed by atoms with E-state index in [-0.39, 0.29) is 0 Å². The summed E-state index contributed by atoms with van der Waals surface area (Å²) in [6, 6.07) is 0. The Morgan fingerprint density at radius 3 is 2.45 bits per heavy atom. The van der Waals surface area contributed by atoms with Crippen molar-refractivity contribution in [1.29, 1.82) is 0 Å². The molecule has 0 amide bonds. The number of nitrogens with zero attached hydrogens (tertiary/aromatic N) is 1. The number of rotatable bonds is 3. The first-order chi connectivity index (χ1) is 5.27. The third-order valence-corrected chi connectivity index (χ3v) is 1.14. The van der Waals surface area contributed by atoms with E-state index >= 15 is 0 Å². The van der Waals surface area contributed by atoms with Gasteiger partial charge in [0.1, 0.15) is 0 Å². The summed E-state index contributed by atoms with van der Waals surface area (Å²) in [7, 11) is 4.02. The molecule has 0 unspecified atom stereocenters. The molecule has 0 heterocycles. The van der Waals surface area contributed by atoms with E-state index in [4.69, 9.17) is 6.42 Å². The minimum atomic E-state index is 0.843. The average molecular weight is 149 g/mol. The topological polar surface area (TPSA) is 3.24 Å². The van der Waals surface area contributed by atoms with E-state index in [1.54, 1.807) is 0 Å². The monoisotopic (exact) mass is 149 g/mol. The molecule has 0 aliphatic carbocycles. The highest BCUT2D eigenvalue weighted by Crippen LogP contribution is 1.90. The van der Waals surface area contributed by atoms with Crippen LogP contribution in [0.1, 0.15) is 19.3 Å². The average Bonchev–Trinajstić information content (AvgIpc) is 1.96. The van der Waals surface area contributed by atoms with Gasteiger partial charge in [-0.1, -0.05) is 5.92 Å². The maximum absolute atomic E-state index is 5.09. The van der Waals surface area contributed by atoms with Crippen LogP contribution in [0, 0.1) is 24.2 Å². The van der Waals surface area contributed by atoms with Crippen LogP contribution >= 0.6 is 0 Å². The first kappa shape index (κ1) is 10.1. The maximum Gasteiger partial charge on any atom is 0.0596 e. The number of terminal acetylenes is 1. The maximum atomic E-state index is 5.09. The summed E-state index contributed by atoms with van der Waals surface area (Å²) in [4.78, 5) is 2.05. The van der Waals surface area contributed by atoms with Crippen LogP contribution < -0.4 is 0 Å². The molecule has 0 bridgehead atoms. The van der Waals surface area contributed by atoms with E-state index < -0.39 is 0 Å². The summed E-state index contributed by atoms with van der Waals surface area (Å²) >= 11 is 0. The standard InChI is InChI=1S/C10H15N/c1-4-5-6-7-8-9-10-11(2)3/h1H,5-7,10H2,2-3H3. The molecule has 0 aliphatic rings. The lowest BCUT2D eigenvalue weighted by Gasteiger charge is -2.00. The summed E-state index contributed by atoms with van der Waals surface area (Å²) in [5, 5.41) is 0. The summed E-state index contributed by atoms with van der Waals surface area (Å²) in [6.07, 6.45) is 7.88. The van der Waals surface area contributed by atoms with Gasteiger partial charge >= 0.3 is 0 Å². The fourth-order valence-corrected chi connectivity index (χ4v) is 0.581. The Kier molecular flexibility index (Phi) is 6.59. The number of hydrogen-bond donors (Lipinski definition) is 0. The van der Waals surface area contributed by atoms with Gasteiger partial charge in [-0.25, -0.2) is 0 Å². The molecule has 1 nitrogen and oxygen atoms in total. The molecule has 0 aromatic heterocycles. The van der Waals surface area contributed by atoms with Gasteiger partial charge in [0.15, 0.2) is 0 Å². The van der Waals surface area contributed by atoms with Crippen LogP contribution in [0.15, 0.2) is 0 Å². The first-order valence-corrected chi connectivity index (χ1v) is 3.81. The van der Waals surface area contributed by atoms with Crippen LogP contribution in [0.3, 0.4) is 0 Å². The highest BCUT2D eigenvalue weighted by atomic mass is 15.0. The highest BCUT2D eigenvalue weighted by molar-refractivity contribution is 5.01. The van der Waals surface area contributed by atoms with Gasteiger partial charge in [0.2, 0.25) is 0 Å². The molecule has 0 aromatic carbocycles. The molecule has 0 rings (SSSR count). The molecule has 0 radical (unpaired) electrons. The predicted molar refractivity (Wildman–Crippen MR) is 49.0 cm³/mol. The van der Waals surface area contributed by atoms with Crippen LogP contribution in [0.4, 0.5) is 0 Å². The third-order valence-electron chi connectivity index (χ3n) is 1.14. The van der Waals surface area contributed by atoms with E-state index in [1.807, 2.05) is 19.0 Å². The van der Waals surface area contributed by atoms with Gasteiger partial charge in [0.25, 0.3) is 0 Å². The van der Waals surface area contributed by atoms with Crippen molar-refractivity contribution >= 4 is 0 Å². The predicted octanol–water partition coefficient (Wildman–Crippen LogP) is 1.35. The van der Waals surface area contributed by atoms with Crippen molar-refractivity contribution in [3.05, 3.63) is 0 Å². The molecule has 0 fully saturated rings. The second-order valence-electron chi connectivity index (χ2n) is 2.65. The van der Waals surface area contributed by atoms with Gasteiger partial charge in [-0.15, -0.1) is 18.3 Å². The summed E-state index contributed by atoms with van der Waals surface area (Å²) < 4.78 is 0. The molecule has 1 heteroatoms. The smallest absolute Gasteiger partial charge is 0.0596 e. The molecule has 0 atom stereocenters. The fraction of sp³-hybridized carbons (Fsp3) is 0.600. The molecular formula is C10H15N. The Balaban J connectivity index is 3.21. The van der Waals surface area contributed by atoms with E-state index in [0.29, 0.717) is 0 Å². The van der Waals surface area contributed by atoms with Crippen molar-refractivity contribution in [2.75, 3.05) is 20.6 Å². The van der Waals surface area contributed by atoms with E-state index in [1.165, 1.54) is 0 Å². The quantitative estimate of drug-likeness (QED) is 0.432. The van der Waals surface area contributed by atoms with Gasteiger partial charge in [-0.2, -0.15) is 0 Å². The lowest BCUT2D eigenvalue weighted by Crippen LogP contribution is -2.10. The van der Waals surface area contributed by atoms with Crippen molar-refractivity contribution in [1.82, 2.24) is 4.90 Å². The molecular weight excluding hydrogens is 134 g/mol. The Labute approximate surface area is 69.8 Å². The van der Waals surface area contributed by atoms with Gasteiger partial charge < -0.3 is 0 Å². The molecule has 0 spiro atoms. The fourth-order valence-electron chi connectivity index (χ4n) is 0.581. The van der Waals surface area contributed by atoms with E-state index in [2.05, 4.69) is 17.8 Å². The SMILES string of the molecule is C#CCCCC#CCN(C)C. The van der Waals surface area contributed by atoms with Crippen LogP contribution in [-0.4, -0.2) is 25.5 Å². The van der Waals surface area contributed by atoms with Crippen molar-refractivity contribution in [3.63, 3.8) is 0 Å². The lowest BCUT2D eigenvalue weighted by atomic mass is 10.2. The van der Waals surface area contributed by atoms with Gasteiger partial charge in [-0.3, -0.25) is 4.90 Å². The summed E-state index contributed by atoms with van der Waals surface area (Å²) in [5.74, 6) is 8.70. The van der Waals surface area contributed by atoms with Crippen molar-refractivity contribution < 1.29 is 0 Å². The zero-order valence-corrected chi connectivity index (χ0v) is 7.35. The minimum Gasteiger partial charge on any atom is -0.299 e. The number of hydrogen-bond acceptors (Lipinski definition) is 1. The zero-order chi connectivity index (χ0) is 8.53.